The summed E-state index contributed by atoms with van der Waals surface area (Å²) in [4.78, 5) is 9.47. The normalized spacial score (nSPS) is 17.3. The van der Waals surface area contributed by atoms with Crippen LogP contribution in [0.1, 0.15) is 39.7 Å². The van der Waals surface area contributed by atoms with Crippen LogP contribution in [0.25, 0.3) is 0 Å². The number of aliphatic imine (C=N–C) groups is 1. The van der Waals surface area contributed by atoms with Crippen LogP contribution in [0.2, 0.25) is 0 Å². The second-order valence-electron chi connectivity index (χ2n) is 7.96. The molecule has 0 aliphatic carbocycles. The van der Waals surface area contributed by atoms with Gasteiger partial charge in [-0.3, -0.25) is 9.89 Å². The van der Waals surface area contributed by atoms with Crippen LogP contribution in [0.3, 0.4) is 0 Å². The van der Waals surface area contributed by atoms with E-state index in [1.807, 2.05) is 13.1 Å². The highest BCUT2D eigenvalue weighted by atomic mass is 127. The zero-order valence-electron chi connectivity index (χ0n) is 19.1. The van der Waals surface area contributed by atoms with Crippen LogP contribution in [0, 0.1) is 0 Å². The number of methoxy groups -OCH3 is 2. The lowest BCUT2D eigenvalue weighted by Gasteiger charge is -2.30. The molecule has 1 fully saturated rings. The van der Waals surface area contributed by atoms with Gasteiger partial charge in [0, 0.05) is 38.1 Å². The smallest absolute Gasteiger partial charge is 0.193 e. The Morgan fingerprint density at radius 2 is 1.86 bits per heavy atom. The first-order valence-corrected chi connectivity index (χ1v) is 10.3. The number of ether oxygens (including phenoxy) is 2. The average molecular weight is 518 g/mol. The molecule has 1 saturated heterocycles. The van der Waals surface area contributed by atoms with Crippen LogP contribution in [-0.4, -0.2) is 75.8 Å². The molecule has 29 heavy (non-hydrogen) atoms. The minimum absolute atomic E-state index is 0. The summed E-state index contributed by atoms with van der Waals surface area (Å²) in [6.07, 6.45) is 1.20. The summed E-state index contributed by atoms with van der Waals surface area (Å²) in [7, 11) is 5.21. The van der Waals surface area contributed by atoms with E-state index in [1.165, 1.54) is 12.0 Å². The van der Waals surface area contributed by atoms with Crippen molar-refractivity contribution in [1.82, 2.24) is 15.1 Å². The molecule has 0 saturated carbocycles. The van der Waals surface area contributed by atoms with E-state index in [1.54, 1.807) is 14.2 Å². The zero-order valence-corrected chi connectivity index (χ0v) is 21.4. The number of likely N-dealkylation sites (N-methyl/N-ethyl adjacent to an activating group) is 1. The fraction of sp³-hybridized carbons (Fsp3) is 0.682. The van der Waals surface area contributed by atoms with Gasteiger partial charge in [-0.15, -0.1) is 24.0 Å². The summed E-state index contributed by atoms with van der Waals surface area (Å²) in [5.74, 6) is 2.51. The molecule has 1 atom stereocenters. The summed E-state index contributed by atoms with van der Waals surface area (Å²) >= 11 is 0. The van der Waals surface area contributed by atoms with Crippen molar-refractivity contribution in [2.75, 3.05) is 54.0 Å². The molecule has 0 spiro atoms. The second kappa shape index (κ2) is 11.8. The van der Waals surface area contributed by atoms with Crippen molar-refractivity contribution in [2.45, 2.75) is 45.6 Å². The fourth-order valence-corrected chi connectivity index (χ4v) is 3.96. The Morgan fingerprint density at radius 3 is 2.41 bits per heavy atom. The van der Waals surface area contributed by atoms with E-state index in [0.29, 0.717) is 6.04 Å². The molecule has 1 heterocycles. The van der Waals surface area contributed by atoms with Gasteiger partial charge in [0.2, 0.25) is 0 Å². The molecule has 1 aromatic carbocycles. The lowest BCUT2D eigenvalue weighted by Crippen LogP contribution is -2.46. The first-order chi connectivity index (χ1) is 13.4. The van der Waals surface area contributed by atoms with Crippen molar-refractivity contribution in [3.05, 3.63) is 23.8 Å². The third kappa shape index (κ3) is 6.38. The minimum atomic E-state index is -0.0759. The van der Waals surface area contributed by atoms with E-state index >= 15 is 0 Å². The summed E-state index contributed by atoms with van der Waals surface area (Å²) in [6, 6.07) is 6.76. The summed E-state index contributed by atoms with van der Waals surface area (Å²) in [5.41, 5.74) is 1.13. The number of rotatable bonds is 8. The number of benzene rings is 1. The van der Waals surface area contributed by atoms with Gasteiger partial charge in [0.15, 0.2) is 17.5 Å². The third-order valence-electron chi connectivity index (χ3n) is 5.86. The lowest BCUT2D eigenvalue weighted by atomic mass is 9.84. The number of guanidine groups is 1. The molecule has 0 aromatic heterocycles. The molecular formula is C22H39IN4O2. The predicted molar refractivity (Wildman–Crippen MR) is 132 cm³/mol. The number of hydrogen-bond donors (Lipinski definition) is 1. The topological polar surface area (TPSA) is 49.3 Å². The maximum atomic E-state index is 5.47. The van der Waals surface area contributed by atoms with Crippen LogP contribution < -0.4 is 14.8 Å². The summed E-state index contributed by atoms with van der Waals surface area (Å²) in [6.45, 7) is 14.0. The predicted octanol–water partition coefficient (Wildman–Crippen LogP) is 3.59. The molecule has 1 N–H and O–H groups in total. The van der Waals surface area contributed by atoms with Crippen molar-refractivity contribution < 1.29 is 9.47 Å². The maximum Gasteiger partial charge on any atom is 0.193 e. The van der Waals surface area contributed by atoms with Crippen LogP contribution in [-0.2, 0) is 5.41 Å². The van der Waals surface area contributed by atoms with Crippen LogP contribution in [0.5, 0.6) is 11.5 Å². The molecule has 1 aromatic rings. The highest BCUT2D eigenvalue weighted by molar-refractivity contribution is 14.0. The van der Waals surface area contributed by atoms with Gasteiger partial charge in [-0.1, -0.05) is 33.8 Å². The number of hydrogen-bond acceptors (Lipinski definition) is 4. The Hall–Kier alpha value is -1.22. The number of nitrogens with one attached hydrogen (secondary N) is 1. The van der Waals surface area contributed by atoms with Crippen molar-refractivity contribution >= 4 is 29.9 Å². The molecule has 1 aliphatic rings. The van der Waals surface area contributed by atoms with Gasteiger partial charge in [0.1, 0.15) is 0 Å². The van der Waals surface area contributed by atoms with E-state index in [-0.39, 0.29) is 29.4 Å². The lowest BCUT2D eigenvalue weighted by molar-refractivity contribution is 0.223. The highest BCUT2D eigenvalue weighted by Crippen LogP contribution is 2.33. The summed E-state index contributed by atoms with van der Waals surface area (Å²) < 4.78 is 10.8. The Morgan fingerprint density at radius 1 is 1.21 bits per heavy atom. The SMILES string of the molecule is CCN(CC)C1CCN(C(=NC)NCC(C)(C)c2ccc(OC)c(OC)c2)C1.I. The molecule has 0 radical (unpaired) electrons. The Labute approximate surface area is 194 Å². The molecule has 2 rings (SSSR count). The van der Waals surface area contributed by atoms with E-state index in [4.69, 9.17) is 9.47 Å². The molecule has 166 valence electrons. The molecule has 0 amide bonds. The number of halogens is 1. The van der Waals surface area contributed by atoms with Gasteiger partial charge in [-0.05, 0) is 37.2 Å². The molecule has 7 heteroatoms. The van der Waals surface area contributed by atoms with Crippen molar-refractivity contribution in [3.63, 3.8) is 0 Å². The van der Waals surface area contributed by atoms with Gasteiger partial charge in [-0.2, -0.15) is 0 Å². The van der Waals surface area contributed by atoms with Crippen molar-refractivity contribution in [2.24, 2.45) is 4.99 Å². The quantitative estimate of drug-likeness (QED) is 0.324. The van der Waals surface area contributed by atoms with Crippen LogP contribution >= 0.6 is 24.0 Å². The van der Waals surface area contributed by atoms with Gasteiger partial charge in [0.05, 0.1) is 14.2 Å². The van der Waals surface area contributed by atoms with E-state index in [9.17, 15) is 0 Å². The molecule has 1 unspecified atom stereocenters. The standard InChI is InChI=1S/C22H38N4O2.HI/c1-8-25(9-2)18-12-13-26(15-18)21(23-5)24-16-22(3,4)17-10-11-19(27-6)20(14-17)28-7;/h10-11,14,18H,8-9,12-13,15-16H2,1-7H3,(H,23,24);1H. The first-order valence-electron chi connectivity index (χ1n) is 10.3. The van der Waals surface area contributed by atoms with Gasteiger partial charge in [0.25, 0.3) is 0 Å². The Balaban J connectivity index is 0.00000420. The number of likely N-dealkylation sites (tertiary alicyclic amines) is 1. The maximum absolute atomic E-state index is 5.47. The minimum Gasteiger partial charge on any atom is -0.493 e. The molecule has 6 nitrogen and oxygen atoms in total. The monoisotopic (exact) mass is 518 g/mol. The van der Waals surface area contributed by atoms with Gasteiger partial charge >= 0.3 is 0 Å². The van der Waals surface area contributed by atoms with Crippen LogP contribution in [0.15, 0.2) is 23.2 Å². The fourth-order valence-electron chi connectivity index (χ4n) is 3.96. The van der Waals surface area contributed by atoms with E-state index in [0.717, 1.165) is 50.2 Å². The Bertz CT molecular complexity index is 662. The van der Waals surface area contributed by atoms with Gasteiger partial charge in [-0.25, -0.2) is 0 Å². The van der Waals surface area contributed by atoms with Crippen molar-refractivity contribution in [1.29, 1.82) is 0 Å². The molecular weight excluding hydrogens is 479 g/mol. The zero-order chi connectivity index (χ0) is 20.7. The second-order valence-corrected chi connectivity index (χ2v) is 7.96. The number of nitrogens with zero attached hydrogens (tertiary/aromatic N) is 3. The highest BCUT2D eigenvalue weighted by Gasteiger charge is 2.29. The average Bonchev–Trinajstić information content (AvgIpc) is 3.18. The van der Waals surface area contributed by atoms with Crippen molar-refractivity contribution in [3.8, 4) is 11.5 Å². The van der Waals surface area contributed by atoms with Crippen LogP contribution in [0.4, 0.5) is 0 Å². The van der Waals surface area contributed by atoms with E-state index < -0.39 is 0 Å². The Kier molecular flexibility index (Phi) is 10.5. The largest absolute Gasteiger partial charge is 0.493 e. The molecule has 0 bridgehead atoms. The summed E-state index contributed by atoms with van der Waals surface area (Å²) in [5, 5.41) is 3.60. The van der Waals surface area contributed by atoms with E-state index in [2.05, 4.69) is 59.9 Å². The van der Waals surface area contributed by atoms with Gasteiger partial charge < -0.3 is 19.7 Å². The first kappa shape index (κ1) is 25.8. The molecule has 1 aliphatic heterocycles. The third-order valence-corrected chi connectivity index (χ3v) is 5.86.